The average Bonchev–Trinajstić information content (AvgIpc) is 2.61. The number of anilines is 3. The second kappa shape index (κ2) is 7.00. The standard InChI is InChI=1S/C16H18N8O/c1-11-8-14(22-15(18)20-11)23-4-6-24(7-5-23)16(25)21-13-3-2-12(9-17)19-10-13/h2-3,8,10H,4-7H2,1H3,(H,21,25)(H2,18,20,22). The molecule has 9 nitrogen and oxygen atoms in total. The van der Waals surface area contributed by atoms with Gasteiger partial charge in [-0.25, -0.2) is 14.8 Å². The zero-order valence-corrected chi connectivity index (χ0v) is 13.8. The molecule has 1 aliphatic rings. The van der Waals surface area contributed by atoms with Gasteiger partial charge in [-0.05, 0) is 19.1 Å². The molecular formula is C16H18N8O. The minimum atomic E-state index is -0.190. The Morgan fingerprint density at radius 2 is 2.04 bits per heavy atom. The molecule has 0 aliphatic carbocycles. The van der Waals surface area contributed by atoms with Crippen molar-refractivity contribution >= 4 is 23.5 Å². The van der Waals surface area contributed by atoms with Crippen LogP contribution in [0.2, 0.25) is 0 Å². The van der Waals surface area contributed by atoms with Gasteiger partial charge in [0.25, 0.3) is 0 Å². The smallest absolute Gasteiger partial charge is 0.322 e. The van der Waals surface area contributed by atoms with Crippen LogP contribution in [-0.2, 0) is 0 Å². The number of nitriles is 1. The van der Waals surface area contributed by atoms with Crippen molar-refractivity contribution in [3.05, 3.63) is 35.8 Å². The number of aromatic nitrogens is 3. The van der Waals surface area contributed by atoms with Crippen LogP contribution >= 0.6 is 0 Å². The van der Waals surface area contributed by atoms with Gasteiger partial charge < -0.3 is 20.9 Å². The van der Waals surface area contributed by atoms with E-state index in [0.717, 1.165) is 11.5 Å². The molecule has 2 aromatic heterocycles. The molecule has 128 valence electrons. The fraction of sp³-hybridized carbons (Fsp3) is 0.312. The van der Waals surface area contributed by atoms with Crippen LogP contribution in [0.15, 0.2) is 24.4 Å². The van der Waals surface area contributed by atoms with Gasteiger partial charge in [0, 0.05) is 37.9 Å². The van der Waals surface area contributed by atoms with Crippen molar-refractivity contribution in [1.29, 1.82) is 5.26 Å². The Labute approximate surface area is 145 Å². The first-order valence-corrected chi connectivity index (χ1v) is 7.83. The second-order valence-electron chi connectivity index (χ2n) is 5.67. The number of carbonyl (C=O) groups excluding carboxylic acids is 1. The Hall–Kier alpha value is -3.41. The minimum Gasteiger partial charge on any atom is -0.368 e. The Morgan fingerprint density at radius 3 is 2.64 bits per heavy atom. The van der Waals surface area contributed by atoms with E-state index < -0.39 is 0 Å². The van der Waals surface area contributed by atoms with Gasteiger partial charge in [-0.3, -0.25) is 0 Å². The van der Waals surface area contributed by atoms with Crippen LogP contribution in [0.25, 0.3) is 0 Å². The highest BCUT2D eigenvalue weighted by atomic mass is 16.2. The first-order chi connectivity index (χ1) is 12.0. The summed E-state index contributed by atoms with van der Waals surface area (Å²) >= 11 is 0. The number of hydrogen-bond donors (Lipinski definition) is 2. The van der Waals surface area contributed by atoms with E-state index in [4.69, 9.17) is 11.0 Å². The number of aryl methyl sites for hydroxylation is 1. The minimum absolute atomic E-state index is 0.190. The van der Waals surface area contributed by atoms with Gasteiger partial charge in [-0.2, -0.15) is 10.2 Å². The Bertz CT molecular complexity index is 786. The molecule has 1 saturated heterocycles. The number of piperazine rings is 1. The lowest BCUT2D eigenvalue weighted by Gasteiger charge is -2.35. The number of nitrogens with two attached hydrogens (primary N) is 1. The zero-order valence-electron chi connectivity index (χ0n) is 13.8. The highest BCUT2D eigenvalue weighted by molar-refractivity contribution is 5.89. The molecule has 3 rings (SSSR count). The Kier molecular flexibility index (Phi) is 4.61. The maximum absolute atomic E-state index is 12.3. The van der Waals surface area contributed by atoms with Crippen LogP contribution in [0.4, 0.5) is 22.2 Å². The van der Waals surface area contributed by atoms with Crippen LogP contribution in [0.3, 0.4) is 0 Å². The van der Waals surface area contributed by atoms with E-state index >= 15 is 0 Å². The van der Waals surface area contributed by atoms with E-state index in [1.165, 1.54) is 6.20 Å². The number of carbonyl (C=O) groups is 1. The summed E-state index contributed by atoms with van der Waals surface area (Å²) in [4.78, 5) is 28.4. The summed E-state index contributed by atoms with van der Waals surface area (Å²) in [6, 6.07) is 6.86. The van der Waals surface area contributed by atoms with Gasteiger partial charge in [0.15, 0.2) is 0 Å². The van der Waals surface area contributed by atoms with Gasteiger partial charge in [0.05, 0.1) is 11.9 Å². The Balaban J connectivity index is 1.57. The molecule has 0 atom stereocenters. The molecule has 1 fully saturated rings. The quantitative estimate of drug-likeness (QED) is 0.836. The van der Waals surface area contributed by atoms with Crippen molar-refractivity contribution in [2.75, 3.05) is 42.1 Å². The number of urea groups is 1. The van der Waals surface area contributed by atoms with Crippen LogP contribution in [-0.4, -0.2) is 52.1 Å². The van der Waals surface area contributed by atoms with Crippen molar-refractivity contribution in [3.8, 4) is 6.07 Å². The molecule has 0 saturated carbocycles. The lowest BCUT2D eigenvalue weighted by Crippen LogP contribution is -2.50. The Morgan fingerprint density at radius 1 is 1.28 bits per heavy atom. The predicted molar refractivity (Wildman–Crippen MR) is 92.9 cm³/mol. The molecule has 0 spiro atoms. The summed E-state index contributed by atoms with van der Waals surface area (Å²) in [5, 5.41) is 11.5. The molecule has 25 heavy (non-hydrogen) atoms. The van der Waals surface area contributed by atoms with E-state index in [2.05, 4.69) is 25.2 Å². The lowest BCUT2D eigenvalue weighted by atomic mass is 10.3. The van der Waals surface area contributed by atoms with Crippen molar-refractivity contribution in [1.82, 2.24) is 19.9 Å². The summed E-state index contributed by atoms with van der Waals surface area (Å²) in [5.41, 5.74) is 7.39. The summed E-state index contributed by atoms with van der Waals surface area (Å²) in [6.45, 7) is 4.33. The molecule has 1 aliphatic heterocycles. The number of amides is 2. The number of pyridine rings is 1. The normalized spacial score (nSPS) is 14.1. The van der Waals surface area contributed by atoms with Crippen LogP contribution in [0.5, 0.6) is 0 Å². The first kappa shape index (κ1) is 16.4. The van der Waals surface area contributed by atoms with Crippen molar-refractivity contribution in [2.45, 2.75) is 6.92 Å². The first-order valence-electron chi connectivity index (χ1n) is 7.83. The van der Waals surface area contributed by atoms with Gasteiger partial charge in [0.1, 0.15) is 17.6 Å². The summed E-state index contributed by atoms with van der Waals surface area (Å²) < 4.78 is 0. The van der Waals surface area contributed by atoms with Crippen molar-refractivity contribution in [3.63, 3.8) is 0 Å². The van der Waals surface area contributed by atoms with E-state index in [1.807, 2.05) is 19.1 Å². The molecule has 3 N–H and O–H groups in total. The molecule has 2 aromatic rings. The third-order valence-electron chi connectivity index (χ3n) is 3.88. The number of nitrogens with zero attached hydrogens (tertiary/aromatic N) is 6. The summed E-state index contributed by atoms with van der Waals surface area (Å²) in [7, 11) is 0. The van der Waals surface area contributed by atoms with Gasteiger partial charge in [0.2, 0.25) is 5.95 Å². The zero-order chi connectivity index (χ0) is 17.8. The molecule has 0 bridgehead atoms. The maximum Gasteiger partial charge on any atom is 0.322 e. The molecule has 2 amide bonds. The van der Waals surface area contributed by atoms with Crippen molar-refractivity contribution in [2.24, 2.45) is 0 Å². The highest BCUT2D eigenvalue weighted by Gasteiger charge is 2.22. The van der Waals surface area contributed by atoms with Crippen LogP contribution in [0.1, 0.15) is 11.4 Å². The molecule has 9 heteroatoms. The number of nitrogens with one attached hydrogen (secondary N) is 1. The van der Waals surface area contributed by atoms with E-state index in [1.54, 1.807) is 17.0 Å². The molecule has 0 radical (unpaired) electrons. The van der Waals surface area contributed by atoms with Gasteiger partial charge in [-0.15, -0.1) is 0 Å². The fourth-order valence-electron chi connectivity index (χ4n) is 2.61. The van der Waals surface area contributed by atoms with Crippen LogP contribution < -0.4 is 16.0 Å². The molecular weight excluding hydrogens is 320 g/mol. The third-order valence-corrected chi connectivity index (χ3v) is 3.88. The maximum atomic E-state index is 12.3. The average molecular weight is 338 g/mol. The fourth-order valence-corrected chi connectivity index (χ4v) is 2.61. The van der Waals surface area contributed by atoms with Gasteiger partial charge in [-0.1, -0.05) is 0 Å². The second-order valence-corrected chi connectivity index (χ2v) is 5.67. The van der Waals surface area contributed by atoms with E-state index in [0.29, 0.717) is 37.6 Å². The largest absolute Gasteiger partial charge is 0.368 e. The number of hydrogen-bond acceptors (Lipinski definition) is 7. The highest BCUT2D eigenvalue weighted by Crippen LogP contribution is 2.16. The number of nitrogen functional groups attached to an aromatic ring is 1. The lowest BCUT2D eigenvalue weighted by molar-refractivity contribution is 0.208. The third kappa shape index (κ3) is 3.92. The topological polar surface area (TPSA) is 124 Å². The molecule has 0 aromatic carbocycles. The van der Waals surface area contributed by atoms with Crippen molar-refractivity contribution < 1.29 is 4.79 Å². The molecule has 3 heterocycles. The van der Waals surface area contributed by atoms with Gasteiger partial charge >= 0.3 is 6.03 Å². The summed E-state index contributed by atoms with van der Waals surface area (Å²) in [5.74, 6) is 1.03. The van der Waals surface area contributed by atoms with E-state index in [9.17, 15) is 4.79 Å². The SMILES string of the molecule is Cc1cc(N2CCN(C(=O)Nc3ccc(C#N)nc3)CC2)nc(N)n1. The number of rotatable bonds is 2. The predicted octanol–water partition coefficient (Wildman–Crippen LogP) is 0.988. The van der Waals surface area contributed by atoms with E-state index in [-0.39, 0.29) is 12.0 Å². The monoisotopic (exact) mass is 338 g/mol. The van der Waals surface area contributed by atoms with Crippen LogP contribution in [0, 0.1) is 18.3 Å². The summed E-state index contributed by atoms with van der Waals surface area (Å²) in [6.07, 6.45) is 1.47. The molecule has 0 unspecified atom stereocenters.